The average molecular weight is 334 g/mol. The maximum Gasteiger partial charge on any atom is 0.238 e. The van der Waals surface area contributed by atoms with E-state index in [1.54, 1.807) is 19.1 Å². The van der Waals surface area contributed by atoms with Crippen LogP contribution in [0.15, 0.2) is 40.2 Å². The zero-order valence-corrected chi connectivity index (χ0v) is 13.9. The van der Waals surface area contributed by atoms with Crippen LogP contribution in [0.5, 0.6) is 11.5 Å². The molecule has 2 rings (SSSR count). The third kappa shape index (κ3) is 3.88. The van der Waals surface area contributed by atoms with E-state index in [9.17, 15) is 13.5 Å². The van der Waals surface area contributed by atoms with Gasteiger partial charge in [0.05, 0.1) is 17.7 Å². The van der Waals surface area contributed by atoms with Crippen molar-refractivity contribution in [2.75, 3.05) is 7.11 Å². The SMILES string of the molecule is COc1ccc(O)c(C=Nc2cc(S(N)(=O)=O)cc(C)c2C)c1. The first-order valence-corrected chi connectivity index (χ1v) is 8.32. The van der Waals surface area contributed by atoms with Crippen molar-refractivity contribution in [3.05, 3.63) is 47.0 Å². The maximum absolute atomic E-state index is 11.5. The minimum absolute atomic E-state index is 0.00242. The molecule has 0 unspecified atom stereocenters. The van der Waals surface area contributed by atoms with Crippen molar-refractivity contribution >= 4 is 21.9 Å². The molecular formula is C16H18N2O4S. The van der Waals surface area contributed by atoms with Gasteiger partial charge in [0.15, 0.2) is 0 Å². The van der Waals surface area contributed by atoms with E-state index in [1.165, 1.54) is 31.5 Å². The monoisotopic (exact) mass is 334 g/mol. The number of rotatable bonds is 4. The largest absolute Gasteiger partial charge is 0.507 e. The van der Waals surface area contributed by atoms with Crippen molar-refractivity contribution in [2.24, 2.45) is 10.1 Å². The van der Waals surface area contributed by atoms with Gasteiger partial charge in [-0.05, 0) is 55.3 Å². The van der Waals surface area contributed by atoms with Gasteiger partial charge in [-0.1, -0.05) is 0 Å². The van der Waals surface area contributed by atoms with Crippen molar-refractivity contribution in [2.45, 2.75) is 18.7 Å². The van der Waals surface area contributed by atoms with Crippen LogP contribution in [0.3, 0.4) is 0 Å². The van der Waals surface area contributed by atoms with E-state index in [2.05, 4.69) is 4.99 Å². The summed E-state index contributed by atoms with van der Waals surface area (Å²) in [5.74, 6) is 0.627. The number of nitrogens with zero attached hydrogens (tertiary/aromatic N) is 1. The van der Waals surface area contributed by atoms with Crippen LogP contribution >= 0.6 is 0 Å². The fourth-order valence-electron chi connectivity index (χ4n) is 2.01. The number of benzene rings is 2. The van der Waals surface area contributed by atoms with Gasteiger partial charge < -0.3 is 9.84 Å². The summed E-state index contributed by atoms with van der Waals surface area (Å²) in [4.78, 5) is 4.29. The fraction of sp³-hybridized carbons (Fsp3) is 0.188. The van der Waals surface area contributed by atoms with Gasteiger partial charge in [0.2, 0.25) is 10.0 Å². The smallest absolute Gasteiger partial charge is 0.238 e. The minimum atomic E-state index is -3.81. The van der Waals surface area contributed by atoms with Crippen LogP contribution in [0, 0.1) is 13.8 Å². The standard InChI is InChI=1S/C16H18N2O4S/c1-10-6-14(23(17,20)21)8-15(11(10)2)18-9-12-7-13(22-3)4-5-16(12)19/h4-9,19H,1-3H3,(H2,17,20,21). The molecule has 0 aromatic heterocycles. The summed E-state index contributed by atoms with van der Waals surface area (Å²) in [6.07, 6.45) is 1.45. The van der Waals surface area contributed by atoms with Crippen LogP contribution in [-0.4, -0.2) is 26.8 Å². The normalized spacial score (nSPS) is 11.8. The molecule has 0 aliphatic carbocycles. The first-order valence-electron chi connectivity index (χ1n) is 6.77. The molecule has 0 radical (unpaired) electrons. The topological polar surface area (TPSA) is 102 Å². The fourth-order valence-corrected chi connectivity index (χ4v) is 2.63. The Morgan fingerprint density at radius 3 is 2.52 bits per heavy atom. The maximum atomic E-state index is 11.5. The predicted molar refractivity (Wildman–Crippen MR) is 89.2 cm³/mol. The number of sulfonamides is 1. The number of ether oxygens (including phenoxy) is 1. The molecule has 2 aromatic rings. The van der Waals surface area contributed by atoms with Crippen LogP contribution < -0.4 is 9.88 Å². The number of phenols is 1. The molecule has 0 heterocycles. The Morgan fingerprint density at radius 1 is 1.22 bits per heavy atom. The molecule has 0 aliphatic heterocycles. The summed E-state index contributed by atoms with van der Waals surface area (Å²) in [6.45, 7) is 3.62. The molecule has 2 aromatic carbocycles. The predicted octanol–water partition coefficient (Wildman–Crippen LogP) is 2.42. The highest BCUT2D eigenvalue weighted by atomic mass is 32.2. The molecule has 3 N–H and O–H groups in total. The minimum Gasteiger partial charge on any atom is -0.507 e. The number of nitrogens with two attached hydrogens (primary N) is 1. The zero-order chi connectivity index (χ0) is 17.2. The van der Waals surface area contributed by atoms with E-state index in [0.29, 0.717) is 17.0 Å². The number of aliphatic imine (C=N–C) groups is 1. The summed E-state index contributed by atoms with van der Waals surface area (Å²) in [5, 5.41) is 15.0. The number of aryl methyl sites for hydroxylation is 1. The lowest BCUT2D eigenvalue weighted by Crippen LogP contribution is -2.12. The summed E-state index contributed by atoms with van der Waals surface area (Å²) in [7, 11) is -2.29. The van der Waals surface area contributed by atoms with Gasteiger partial charge >= 0.3 is 0 Å². The first-order chi connectivity index (χ1) is 10.7. The first kappa shape index (κ1) is 17.0. The molecule has 0 amide bonds. The van der Waals surface area contributed by atoms with Crippen molar-refractivity contribution in [3.63, 3.8) is 0 Å². The molecular weight excluding hydrogens is 316 g/mol. The van der Waals surface area contributed by atoms with Gasteiger partial charge in [0.25, 0.3) is 0 Å². The molecule has 0 bridgehead atoms. The molecule has 0 fully saturated rings. The Morgan fingerprint density at radius 2 is 1.91 bits per heavy atom. The number of hydrogen-bond acceptors (Lipinski definition) is 5. The second kappa shape index (κ2) is 6.39. The van der Waals surface area contributed by atoms with Crippen LogP contribution in [0.4, 0.5) is 5.69 Å². The van der Waals surface area contributed by atoms with Crippen molar-refractivity contribution in [3.8, 4) is 11.5 Å². The summed E-state index contributed by atoms with van der Waals surface area (Å²) < 4.78 is 28.2. The molecule has 0 aliphatic rings. The molecule has 7 heteroatoms. The summed E-state index contributed by atoms with van der Waals surface area (Å²) >= 11 is 0. The molecule has 0 saturated heterocycles. The lowest BCUT2D eigenvalue weighted by Gasteiger charge is -2.08. The number of aromatic hydroxyl groups is 1. The van der Waals surface area contributed by atoms with E-state index < -0.39 is 10.0 Å². The second-order valence-corrected chi connectivity index (χ2v) is 6.67. The van der Waals surface area contributed by atoms with Gasteiger partial charge in [0, 0.05) is 11.8 Å². The van der Waals surface area contributed by atoms with E-state index in [1.807, 2.05) is 6.92 Å². The zero-order valence-electron chi connectivity index (χ0n) is 13.1. The van der Waals surface area contributed by atoms with Crippen LogP contribution in [0.1, 0.15) is 16.7 Å². The van der Waals surface area contributed by atoms with Crippen LogP contribution in [-0.2, 0) is 10.0 Å². The number of primary sulfonamides is 1. The highest BCUT2D eigenvalue weighted by molar-refractivity contribution is 7.89. The molecule has 0 saturated carbocycles. The Labute approximate surface area is 135 Å². The van der Waals surface area contributed by atoms with Crippen LogP contribution in [0.25, 0.3) is 0 Å². The lowest BCUT2D eigenvalue weighted by atomic mass is 10.1. The summed E-state index contributed by atoms with van der Waals surface area (Å²) in [6, 6.07) is 7.67. The van der Waals surface area contributed by atoms with Gasteiger partial charge in [0.1, 0.15) is 11.5 Å². The van der Waals surface area contributed by atoms with Gasteiger partial charge in [-0.2, -0.15) is 0 Å². The second-order valence-electron chi connectivity index (χ2n) is 5.11. The Bertz CT molecular complexity index is 874. The van der Waals surface area contributed by atoms with E-state index in [-0.39, 0.29) is 10.6 Å². The highest BCUT2D eigenvalue weighted by Crippen LogP contribution is 2.27. The quantitative estimate of drug-likeness (QED) is 0.838. The highest BCUT2D eigenvalue weighted by Gasteiger charge is 2.12. The molecule has 122 valence electrons. The molecule has 23 heavy (non-hydrogen) atoms. The lowest BCUT2D eigenvalue weighted by molar-refractivity contribution is 0.412. The van der Waals surface area contributed by atoms with Crippen LogP contribution in [0.2, 0.25) is 0 Å². The third-order valence-corrected chi connectivity index (χ3v) is 4.41. The average Bonchev–Trinajstić information content (AvgIpc) is 2.49. The number of methoxy groups -OCH3 is 1. The van der Waals surface area contributed by atoms with E-state index in [0.717, 1.165) is 11.1 Å². The van der Waals surface area contributed by atoms with E-state index in [4.69, 9.17) is 9.88 Å². The van der Waals surface area contributed by atoms with Crippen molar-refractivity contribution < 1.29 is 18.3 Å². The number of hydrogen-bond donors (Lipinski definition) is 2. The third-order valence-electron chi connectivity index (χ3n) is 3.52. The molecule has 0 spiro atoms. The molecule has 6 nitrogen and oxygen atoms in total. The van der Waals surface area contributed by atoms with Gasteiger partial charge in [-0.25, -0.2) is 13.6 Å². The van der Waals surface area contributed by atoms with E-state index >= 15 is 0 Å². The van der Waals surface area contributed by atoms with Crippen molar-refractivity contribution in [1.82, 2.24) is 0 Å². The molecule has 0 atom stereocenters. The Balaban J connectivity index is 2.49. The van der Waals surface area contributed by atoms with Crippen molar-refractivity contribution in [1.29, 1.82) is 0 Å². The Kier molecular flexibility index (Phi) is 4.72. The van der Waals surface area contributed by atoms with Gasteiger partial charge in [-0.15, -0.1) is 0 Å². The van der Waals surface area contributed by atoms with Gasteiger partial charge in [-0.3, -0.25) is 4.99 Å². The number of phenolic OH excluding ortho intramolecular Hbond substituents is 1. The Hall–Kier alpha value is -2.38. The summed E-state index contributed by atoms with van der Waals surface area (Å²) in [5.41, 5.74) is 2.52.